The van der Waals surface area contributed by atoms with Gasteiger partial charge in [-0.3, -0.25) is 4.79 Å². The summed E-state index contributed by atoms with van der Waals surface area (Å²) in [7, 11) is 0. The molecule has 1 heterocycles. The van der Waals surface area contributed by atoms with Crippen molar-refractivity contribution in [2.45, 2.75) is 63.6 Å². The molecule has 1 aliphatic carbocycles. The molecule has 3 heteroatoms. The third-order valence-electron chi connectivity index (χ3n) is 3.50. The fourth-order valence-electron chi connectivity index (χ4n) is 2.66. The zero-order chi connectivity index (χ0) is 10.2. The molecule has 2 rings (SSSR count). The molecule has 2 fully saturated rings. The molecule has 0 aromatic rings. The minimum Gasteiger partial charge on any atom is -0.349 e. The summed E-state index contributed by atoms with van der Waals surface area (Å²) >= 11 is 0. The van der Waals surface area contributed by atoms with Crippen LogP contribution in [0.3, 0.4) is 0 Å². The number of carbonyl (C=O) groups excluding carboxylic acids is 1. The Morgan fingerprint density at radius 1 is 1.50 bits per heavy atom. The first-order valence-electron chi connectivity index (χ1n) is 5.69. The quantitative estimate of drug-likeness (QED) is 0.696. The molecule has 1 saturated heterocycles. The van der Waals surface area contributed by atoms with Gasteiger partial charge >= 0.3 is 0 Å². The highest BCUT2D eigenvalue weighted by atomic mass is 16.1. The summed E-state index contributed by atoms with van der Waals surface area (Å²) in [5, 5.41) is 6.76. The fourth-order valence-corrected chi connectivity index (χ4v) is 2.66. The molecule has 0 aromatic carbocycles. The summed E-state index contributed by atoms with van der Waals surface area (Å²) in [5.74, 6) is 0.242. The van der Waals surface area contributed by atoms with E-state index in [-0.39, 0.29) is 11.4 Å². The van der Waals surface area contributed by atoms with Gasteiger partial charge in [0, 0.05) is 18.5 Å². The van der Waals surface area contributed by atoms with Gasteiger partial charge in [-0.05, 0) is 25.7 Å². The number of piperidine rings is 1. The van der Waals surface area contributed by atoms with Crippen LogP contribution in [-0.4, -0.2) is 23.5 Å². The summed E-state index contributed by atoms with van der Waals surface area (Å²) in [6.07, 6.45) is 5.26. The lowest BCUT2D eigenvalue weighted by molar-refractivity contribution is -0.128. The van der Waals surface area contributed by atoms with Crippen molar-refractivity contribution >= 4 is 5.91 Å². The second kappa shape index (κ2) is 3.54. The van der Waals surface area contributed by atoms with E-state index in [0.29, 0.717) is 18.5 Å². The first kappa shape index (κ1) is 9.97. The Hall–Kier alpha value is -0.570. The van der Waals surface area contributed by atoms with Crippen molar-refractivity contribution in [3.05, 3.63) is 0 Å². The van der Waals surface area contributed by atoms with E-state index in [2.05, 4.69) is 24.5 Å². The van der Waals surface area contributed by atoms with Crippen LogP contribution in [0.4, 0.5) is 0 Å². The van der Waals surface area contributed by atoms with Gasteiger partial charge in [-0.2, -0.15) is 0 Å². The lowest BCUT2D eigenvalue weighted by Gasteiger charge is -2.51. The van der Waals surface area contributed by atoms with Crippen molar-refractivity contribution in [3.8, 4) is 0 Å². The molecule has 14 heavy (non-hydrogen) atoms. The van der Waals surface area contributed by atoms with Crippen LogP contribution in [0, 0.1) is 0 Å². The number of amides is 1. The molecule has 0 aromatic heterocycles. The second-order valence-electron chi connectivity index (χ2n) is 4.97. The Morgan fingerprint density at radius 2 is 2.21 bits per heavy atom. The van der Waals surface area contributed by atoms with Crippen LogP contribution in [0.25, 0.3) is 0 Å². The summed E-state index contributed by atoms with van der Waals surface area (Å²) in [4.78, 5) is 11.4. The maximum absolute atomic E-state index is 11.4. The lowest BCUT2D eigenvalue weighted by atomic mass is 9.68. The molecule has 2 N–H and O–H groups in total. The molecule has 3 nitrogen and oxygen atoms in total. The van der Waals surface area contributed by atoms with Crippen LogP contribution in [0.5, 0.6) is 0 Å². The molecule has 1 saturated carbocycles. The SMILES string of the molecule is CC(C)NC1CCC(=O)NC12CCC2. The molecule has 80 valence electrons. The number of rotatable bonds is 2. The maximum atomic E-state index is 11.4. The largest absolute Gasteiger partial charge is 0.349 e. The molecule has 2 aliphatic rings. The summed E-state index contributed by atoms with van der Waals surface area (Å²) in [5.41, 5.74) is 0.111. The number of hydrogen-bond donors (Lipinski definition) is 2. The minimum atomic E-state index is 0.111. The normalized spacial score (nSPS) is 30.2. The van der Waals surface area contributed by atoms with Gasteiger partial charge in [0.05, 0.1) is 5.54 Å². The zero-order valence-corrected chi connectivity index (χ0v) is 9.10. The van der Waals surface area contributed by atoms with Crippen molar-refractivity contribution < 1.29 is 4.79 Å². The Balaban J connectivity index is 2.03. The van der Waals surface area contributed by atoms with Crippen molar-refractivity contribution in [2.75, 3.05) is 0 Å². The van der Waals surface area contributed by atoms with Crippen LogP contribution in [0.1, 0.15) is 46.0 Å². The summed E-state index contributed by atoms with van der Waals surface area (Å²) < 4.78 is 0. The van der Waals surface area contributed by atoms with Gasteiger partial charge in [-0.25, -0.2) is 0 Å². The van der Waals surface area contributed by atoms with Gasteiger partial charge in [0.1, 0.15) is 0 Å². The number of carbonyl (C=O) groups is 1. The number of hydrogen-bond acceptors (Lipinski definition) is 2. The molecule has 1 amide bonds. The first-order chi connectivity index (χ1) is 6.62. The van der Waals surface area contributed by atoms with Crippen LogP contribution < -0.4 is 10.6 Å². The van der Waals surface area contributed by atoms with Gasteiger partial charge in [-0.15, -0.1) is 0 Å². The van der Waals surface area contributed by atoms with Crippen molar-refractivity contribution in [1.29, 1.82) is 0 Å². The lowest BCUT2D eigenvalue weighted by Crippen LogP contribution is -2.68. The highest BCUT2D eigenvalue weighted by Gasteiger charge is 2.47. The van der Waals surface area contributed by atoms with E-state index >= 15 is 0 Å². The monoisotopic (exact) mass is 196 g/mol. The van der Waals surface area contributed by atoms with Gasteiger partial charge in [0.15, 0.2) is 0 Å². The van der Waals surface area contributed by atoms with Gasteiger partial charge < -0.3 is 10.6 Å². The molecule has 0 radical (unpaired) electrons. The third-order valence-corrected chi connectivity index (χ3v) is 3.50. The van der Waals surface area contributed by atoms with Gasteiger partial charge in [0.2, 0.25) is 5.91 Å². The van der Waals surface area contributed by atoms with Gasteiger partial charge in [0.25, 0.3) is 0 Å². The molecular formula is C11H20N2O. The van der Waals surface area contributed by atoms with E-state index in [0.717, 1.165) is 19.3 Å². The molecular weight excluding hydrogens is 176 g/mol. The van der Waals surface area contributed by atoms with Crippen LogP contribution in [0.15, 0.2) is 0 Å². The highest BCUT2D eigenvalue weighted by Crippen LogP contribution is 2.38. The predicted octanol–water partition coefficient (Wildman–Crippen LogP) is 1.19. The standard InChI is InChI=1S/C11H20N2O/c1-8(2)12-9-4-5-10(14)13-11(9)6-3-7-11/h8-9,12H,3-7H2,1-2H3,(H,13,14). The van der Waals surface area contributed by atoms with Crippen LogP contribution >= 0.6 is 0 Å². The van der Waals surface area contributed by atoms with Gasteiger partial charge in [-0.1, -0.05) is 13.8 Å². The van der Waals surface area contributed by atoms with Crippen molar-refractivity contribution in [3.63, 3.8) is 0 Å². The van der Waals surface area contributed by atoms with E-state index in [1.54, 1.807) is 0 Å². The second-order valence-corrected chi connectivity index (χ2v) is 4.97. The Labute approximate surface area is 85.6 Å². The molecule has 1 aliphatic heterocycles. The minimum absolute atomic E-state index is 0.111. The van der Waals surface area contributed by atoms with E-state index in [1.165, 1.54) is 6.42 Å². The predicted molar refractivity (Wildman–Crippen MR) is 56.0 cm³/mol. The van der Waals surface area contributed by atoms with E-state index in [4.69, 9.17) is 0 Å². The number of nitrogens with one attached hydrogen (secondary N) is 2. The van der Waals surface area contributed by atoms with E-state index in [9.17, 15) is 4.79 Å². The fraction of sp³-hybridized carbons (Fsp3) is 0.909. The third kappa shape index (κ3) is 1.65. The molecule has 1 atom stereocenters. The average Bonchev–Trinajstić information content (AvgIpc) is 2.04. The Morgan fingerprint density at radius 3 is 2.71 bits per heavy atom. The maximum Gasteiger partial charge on any atom is 0.220 e. The van der Waals surface area contributed by atoms with Crippen molar-refractivity contribution in [1.82, 2.24) is 10.6 Å². The molecule has 1 unspecified atom stereocenters. The van der Waals surface area contributed by atoms with E-state index in [1.807, 2.05) is 0 Å². The summed E-state index contributed by atoms with van der Waals surface area (Å²) in [6.45, 7) is 4.34. The highest BCUT2D eigenvalue weighted by molar-refractivity contribution is 5.78. The smallest absolute Gasteiger partial charge is 0.220 e. The Bertz CT molecular complexity index is 233. The Kier molecular flexibility index (Phi) is 2.52. The average molecular weight is 196 g/mol. The van der Waals surface area contributed by atoms with Crippen molar-refractivity contribution in [2.24, 2.45) is 0 Å². The zero-order valence-electron chi connectivity index (χ0n) is 9.10. The van der Waals surface area contributed by atoms with E-state index < -0.39 is 0 Å². The van der Waals surface area contributed by atoms with Crippen LogP contribution in [-0.2, 0) is 4.79 Å². The molecule has 0 bridgehead atoms. The molecule has 1 spiro atoms. The topological polar surface area (TPSA) is 41.1 Å². The first-order valence-corrected chi connectivity index (χ1v) is 5.69. The summed E-state index contributed by atoms with van der Waals surface area (Å²) in [6, 6.07) is 1.00. The van der Waals surface area contributed by atoms with Crippen LogP contribution in [0.2, 0.25) is 0 Å².